The van der Waals surface area contributed by atoms with Crippen LogP contribution in [0.2, 0.25) is 0 Å². The number of Topliss-reactive ketones (excluding diaryl/α,β-unsaturated/α-hetero) is 2. The van der Waals surface area contributed by atoms with Crippen LogP contribution in [0.4, 0.5) is 0 Å². The number of hydrogen-bond donors (Lipinski definition) is 0. The van der Waals surface area contributed by atoms with Gasteiger partial charge in [-0.1, -0.05) is 54.6 Å². The summed E-state index contributed by atoms with van der Waals surface area (Å²) in [5.74, 6) is -0.409. The number of allylic oxidation sites excluding steroid dienone is 2. The lowest BCUT2D eigenvalue weighted by atomic mass is 9.75. The molecule has 0 fully saturated rings. The van der Waals surface area contributed by atoms with E-state index in [0.29, 0.717) is 24.0 Å². The zero-order valence-corrected chi connectivity index (χ0v) is 14.5. The van der Waals surface area contributed by atoms with Gasteiger partial charge in [-0.05, 0) is 31.2 Å². The van der Waals surface area contributed by atoms with E-state index in [9.17, 15) is 9.59 Å². The maximum Gasteiger partial charge on any atom is 0.166 e. The number of rotatable bonds is 5. The van der Waals surface area contributed by atoms with Crippen molar-refractivity contribution in [1.82, 2.24) is 0 Å². The van der Waals surface area contributed by atoms with Crippen LogP contribution in [0.3, 0.4) is 0 Å². The molecule has 0 heterocycles. The first-order valence-corrected chi connectivity index (χ1v) is 9.35. The Bertz CT molecular complexity index is 747. The molecule has 0 amide bonds. The maximum atomic E-state index is 13.0. The number of thioether (sulfide) groups is 1. The highest BCUT2D eigenvalue weighted by Crippen LogP contribution is 2.32. The highest BCUT2D eigenvalue weighted by atomic mass is 32.2. The van der Waals surface area contributed by atoms with Crippen LogP contribution in [0.1, 0.15) is 33.6 Å². The molecule has 0 aromatic heterocycles. The van der Waals surface area contributed by atoms with Crippen molar-refractivity contribution in [2.45, 2.75) is 17.7 Å². The third-order valence-electron chi connectivity index (χ3n) is 4.54. The van der Waals surface area contributed by atoms with Gasteiger partial charge >= 0.3 is 0 Å². The van der Waals surface area contributed by atoms with E-state index >= 15 is 0 Å². The molecular formula is C21H20O2S. The van der Waals surface area contributed by atoms with Crippen molar-refractivity contribution in [3.63, 3.8) is 0 Å². The minimum atomic E-state index is -0.275. The van der Waals surface area contributed by atoms with Gasteiger partial charge in [-0.2, -0.15) is 0 Å². The maximum absolute atomic E-state index is 13.0. The number of carbonyl (C=O) groups is 2. The van der Waals surface area contributed by atoms with Gasteiger partial charge in [-0.25, -0.2) is 0 Å². The van der Waals surface area contributed by atoms with Gasteiger partial charge in [0.05, 0.1) is 0 Å². The molecule has 2 aromatic carbocycles. The van der Waals surface area contributed by atoms with Crippen molar-refractivity contribution in [1.29, 1.82) is 0 Å². The summed E-state index contributed by atoms with van der Waals surface area (Å²) in [6, 6.07) is 17.0. The SMILES string of the molecule is CSc1ccc(C(=O)C2CC=CCC2C(=O)c2ccccc2)cc1. The van der Waals surface area contributed by atoms with Crippen LogP contribution in [-0.2, 0) is 0 Å². The summed E-state index contributed by atoms with van der Waals surface area (Å²) in [6.45, 7) is 0. The molecule has 0 spiro atoms. The molecule has 2 unspecified atom stereocenters. The molecule has 1 aliphatic carbocycles. The van der Waals surface area contributed by atoms with Crippen LogP contribution >= 0.6 is 11.8 Å². The van der Waals surface area contributed by atoms with Crippen molar-refractivity contribution in [2.75, 3.05) is 6.26 Å². The van der Waals surface area contributed by atoms with Crippen LogP contribution in [0.5, 0.6) is 0 Å². The van der Waals surface area contributed by atoms with Crippen molar-refractivity contribution in [3.8, 4) is 0 Å². The molecule has 3 heteroatoms. The second-order valence-corrected chi connectivity index (χ2v) is 6.86. The molecule has 0 radical (unpaired) electrons. The number of benzene rings is 2. The van der Waals surface area contributed by atoms with Gasteiger partial charge in [-0.15, -0.1) is 11.8 Å². The first-order chi connectivity index (χ1) is 11.7. The number of carbonyl (C=O) groups excluding carboxylic acids is 2. The third-order valence-corrected chi connectivity index (χ3v) is 5.28. The second-order valence-electron chi connectivity index (χ2n) is 5.98. The Kier molecular flexibility index (Phi) is 5.31. The fourth-order valence-electron chi connectivity index (χ4n) is 3.18. The highest BCUT2D eigenvalue weighted by Gasteiger charge is 2.34. The largest absolute Gasteiger partial charge is 0.294 e. The van der Waals surface area contributed by atoms with Crippen molar-refractivity contribution >= 4 is 23.3 Å². The van der Waals surface area contributed by atoms with Crippen molar-refractivity contribution < 1.29 is 9.59 Å². The van der Waals surface area contributed by atoms with Crippen LogP contribution in [0.15, 0.2) is 71.6 Å². The van der Waals surface area contributed by atoms with Gasteiger partial charge in [0.25, 0.3) is 0 Å². The molecule has 2 aromatic rings. The van der Waals surface area contributed by atoms with Crippen LogP contribution < -0.4 is 0 Å². The Balaban J connectivity index is 1.85. The normalized spacial score (nSPS) is 19.9. The quantitative estimate of drug-likeness (QED) is 0.435. The molecule has 1 aliphatic rings. The second kappa shape index (κ2) is 7.63. The molecule has 0 saturated carbocycles. The Hall–Kier alpha value is -2.13. The number of hydrogen-bond acceptors (Lipinski definition) is 3. The third kappa shape index (κ3) is 3.51. The monoisotopic (exact) mass is 336 g/mol. The van der Waals surface area contributed by atoms with E-state index in [1.807, 2.05) is 73.0 Å². The zero-order valence-electron chi connectivity index (χ0n) is 13.6. The van der Waals surface area contributed by atoms with Crippen LogP contribution in [-0.4, -0.2) is 17.8 Å². The van der Waals surface area contributed by atoms with E-state index in [2.05, 4.69) is 0 Å². The van der Waals surface area contributed by atoms with Gasteiger partial charge in [0, 0.05) is 27.9 Å². The standard InChI is InChI=1S/C21H20O2S/c1-24-17-13-11-16(12-14-17)21(23)19-10-6-5-9-18(19)20(22)15-7-3-2-4-8-15/h2-8,11-14,18-19H,9-10H2,1H3. The smallest absolute Gasteiger partial charge is 0.166 e. The lowest BCUT2D eigenvalue weighted by Gasteiger charge is -2.26. The summed E-state index contributed by atoms with van der Waals surface area (Å²) < 4.78 is 0. The van der Waals surface area contributed by atoms with E-state index in [4.69, 9.17) is 0 Å². The molecule has 2 atom stereocenters. The summed E-state index contributed by atoms with van der Waals surface area (Å²) in [7, 11) is 0. The zero-order chi connectivity index (χ0) is 16.9. The lowest BCUT2D eigenvalue weighted by Crippen LogP contribution is -2.31. The van der Waals surface area contributed by atoms with E-state index in [0.717, 1.165) is 4.90 Å². The average Bonchev–Trinajstić information content (AvgIpc) is 2.67. The fourth-order valence-corrected chi connectivity index (χ4v) is 3.59. The van der Waals surface area contributed by atoms with Crippen molar-refractivity contribution in [3.05, 3.63) is 77.9 Å². The summed E-state index contributed by atoms with van der Waals surface area (Å²) in [6.07, 6.45) is 7.32. The van der Waals surface area contributed by atoms with E-state index in [1.165, 1.54) is 0 Å². The Morgan fingerprint density at radius 3 is 1.79 bits per heavy atom. The number of ketones is 2. The van der Waals surface area contributed by atoms with Crippen LogP contribution in [0, 0.1) is 11.8 Å². The topological polar surface area (TPSA) is 34.1 Å². The Labute approximate surface area is 147 Å². The first-order valence-electron chi connectivity index (χ1n) is 8.13. The van der Waals surface area contributed by atoms with Gasteiger partial charge in [0.2, 0.25) is 0 Å². The summed E-state index contributed by atoms with van der Waals surface area (Å²) in [5.41, 5.74) is 1.38. The first kappa shape index (κ1) is 16.7. The summed E-state index contributed by atoms with van der Waals surface area (Å²) in [5, 5.41) is 0. The van der Waals surface area contributed by atoms with E-state index in [-0.39, 0.29) is 23.4 Å². The Morgan fingerprint density at radius 1 is 0.792 bits per heavy atom. The average molecular weight is 336 g/mol. The van der Waals surface area contributed by atoms with E-state index in [1.54, 1.807) is 11.8 Å². The minimum Gasteiger partial charge on any atom is -0.294 e. The predicted molar refractivity (Wildman–Crippen MR) is 98.7 cm³/mol. The van der Waals surface area contributed by atoms with Gasteiger partial charge in [0.15, 0.2) is 11.6 Å². The minimum absolute atomic E-state index is 0.0685. The van der Waals surface area contributed by atoms with Crippen LogP contribution in [0.25, 0.3) is 0 Å². The fraction of sp³-hybridized carbons (Fsp3) is 0.238. The Morgan fingerprint density at radius 2 is 1.29 bits per heavy atom. The summed E-state index contributed by atoms with van der Waals surface area (Å²) >= 11 is 1.65. The lowest BCUT2D eigenvalue weighted by molar-refractivity contribution is 0.0761. The molecule has 0 saturated heterocycles. The highest BCUT2D eigenvalue weighted by molar-refractivity contribution is 7.98. The predicted octanol–water partition coefficient (Wildman–Crippen LogP) is 5.06. The van der Waals surface area contributed by atoms with Gasteiger partial charge in [-0.3, -0.25) is 9.59 Å². The molecule has 3 rings (SSSR count). The van der Waals surface area contributed by atoms with Gasteiger partial charge in [0.1, 0.15) is 0 Å². The van der Waals surface area contributed by atoms with Crippen molar-refractivity contribution in [2.24, 2.45) is 11.8 Å². The molecule has 0 aliphatic heterocycles. The summed E-state index contributed by atoms with van der Waals surface area (Å²) in [4.78, 5) is 26.9. The molecule has 24 heavy (non-hydrogen) atoms. The molecule has 2 nitrogen and oxygen atoms in total. The molecule has 0 bridgehead atoms. The molecule has 122 valence electrons. The van der Waals surface area contributed by atoms with E-state index < -0.39 is 0 Å². The van der Waals surface area contributed by atoms with Gasteiger partial charge < -0.3 is 0 Å². The molecular weight excluding hydrogens is 316 g/mol. The molecule has 0 N–H and O–H groups in total.